The van der Waals surface area contributed by atoms with Crippen molar-refractivity contribution in [1.82, 2.24) is 14.2 Å². The van der Waals surface area contributed by atoms with Gasteiger partial charge in [-0.05, 0) is 31.2 Å². The molecule has 2 aromatic rings. The lowest BCUT2D eigenvalue weighted by molar-refractivity contribution is -0.120. The van der Waals surface area contributed by atoms with E-state index < -0.39 is 10.0 Å². The van der Waals surface area contributed by atoms with Crippen molar-refractivity contribution >= 4 is 39.0 Å². The van der Waals surface area contributed by atoms with Gasteiger partial charge in [-0.2, -0.15) is 4.31 Å². The Hall–Kier alpha value is -2.24. The van der Waals surface area contributed by atoms with Crippen molar-refractivity contribution < 1.29 is 17.9 Å². The number of carbonyl (C=O) groups excluding carboxylic acids is 1. The van der Waals surface area contributed by atoms with Crippen LogP contribution in [0.25, 0.3) is 0 Å². The summed E-state index contributed by atoms with van der Waals surface area (Å²) in [6.45, 7) is 6.15. The molecule has 2 aliphatic rings. The molecular formula is C22H28ClN5O4S. The summed E-state index contributed by atoms with van der Waals surface area (Å²) in [5.41, 5.74) is 0.603. The van der Waals surface area contributed by atoms with E-state index in [0.29, 0.717) is 63.2 Å². The first kappa shape index (κ1) is 23.9. The van der Waals surface area contributed by atoms with E-state index in [1.54, 1.807) is 24.3 Å². The Bertz CT molecular complexity index is 1070. The number of ether oxygens (including phenoxy) is 1. The zero-order chi connectivity index (χ0) is 23.4. The van der Waals surface area contributed by atoms with E-state index in [-0.39, 0.29) is 16.8 Å². The van der Waals surface area contributed by atoms with Crippen molar-refractivity contribution in [2.24, 2.45) is 0 Å². The molecule has 4 rings (SSSR count). The number of amides is 1. The smallest absolute Gasteiger partial charge is 0.244 e. The zero-order valence-corrected chi connectivity index (χ0v) is 20.1. The van der Waals surface area contributed by atoms with E-state index in [1.165, 1.54) is 10.5 Å². The topological polar surface area (TPSA) is 95.1 Å². The molecule has 0 saturated carbocycles. The van der Waals surface area contributed by atoms with Crippen molar-refractivity contribution in [3.05, 3.63) is 47.6 Å². The highest BCUT2D eigenvalue weighted by Crippen LogP contribution is 2.22. The lowest BCUT2D eigenvalue weighted by atomic mass is 10.2. The number of nitrogens with one attached hydrogen (secondary N) is 1. The van der Waals surface area contributed by atoms with E-state index >= 15 is 0 Å². The Kier molecular flexibility index (Phi) is 7.50. The second-order valence-corrected chi connectivity index (χ2v) is 10.4. The van der Waals surface area contributed by atoms with Gasteiger partial charge in [0.05, 0.1) is 30.0 Å². The van der Waals surface area contributed by atoms with E-state index in [4.69, 9.17) is 16.3 Å². The summed E-state index contributed by atoms with van der Waals surface area (Å²) < 4.78 is 32.2. The van der Waals surface area contributed by atoms with Gasteiger partial charge in [0.25, 0.3) is 0 Å². The third-order valence-corrected chi connectivity index (χ3v) is 8.24. The van der Waals surface area contributed by atoms with E-state index in [2.05, 4.69) is 20.1 Å². The number of hydrogen-bond acceptors (Lipinski definition) is 7. The molecule has 2 saturated heterocycles. The first-order valence-corrected chi connectivity index (χ1v) is 12.8. The highest BCUT2D eigenvalue weighted by molar-refractivity contribution is 7.89. The molecule has 1 atom stereocenters. The maximum Gasteiger partial charge on any atom is 0.244 e. The molecule has 9 nitrogen and oxygen atoms in total. The first-order valence-electron chi connectivity index (χ1n) is 10.9. The number of pyridine rings is 1. The standard InChI is InChI=1S/C22H28ClN5O4S/c1-17(22(29)25-20-5-3-2-4-19(20)23)26-8-10-27(11-9-26)21-7-6-18(16-24-21)33(30,31)28-12-14-32-15-13-28/h2-7,16-17H,8-15H2,1H3,(H,25,29). The van der Waals surface area contributed by atoms with Crippen LogP contribution in [-0.4, -0.2) is 87.0 Å². The molecule has 0 aliphatic carbocycles. The average Bonchev–Trinajstić information content (AvgIpc) is 2.85. The summed E-state index contributed by atoms with van der Waals surface area (Å²) in [5.74, 6) is 0.621. The summed E-state index contributed by atoms with van der Waals surface area (Å²) in [6.07, 6.45) is 1.42. The number of aromatic nitrogens is 1. The van der Waals surface area contributed by atoms with Crippen LogP contribution >= 0.6 is 11.6 Å². The molecule has 33 heavy (non-hydrogen) atoms. The van der Waals surface area contributed by atoms with Gasteiger partial charge in [0, 0.05) is 45.5 Å². The number of carbonyl (C=O) groups is 1. The third-order valence-electron chi connectivity index (χ3n) is 6.03. The maximum absolute atomic E-state index is 12.8. The number of para-hydroxylation sites is 1. The third kappa shape index (κ3) is 5.47. The Morgan fingerprint density at radius 2 is 1.76 bits per heavy atom. The lowest BCUT2D eigenvalue weighted by Crippen LogP contribution is -2.53. The molecule has 0 bridgehead atoms. The molecule has 2 fully saturated rings. The van der Waals surface area contributed by atoms with Gasteiger partial charge in [-0.3, -0.25) is 9.69 Å². The number of nitrogens with zero attached hydrogens (tertiary/aromatic N) is 4. The Morgan fingerprint density at radius 1 is 1.06 bits per heavy atom. The van der Waals surface area contributed by atoms with Crippen molar-refractivity contribution in [3.8, 4) is 0 Å². The number of rotatable bonds is 6. The maximum atomic E-state index is 12.8. The lowest BCUT2D eigenvalue weighted by Gasteiger charge is -2.38. The van der Waals surface area contributed by atoms with Crippen LogP contribution in [0, 0.1) is 0 Å². The van der Waals surface area contributed by atoms with Crippen LogP contribution in [-0.2, 0) is 19.6 Å². The van der Waals surface area contributed by atoms with E-state index in [1.807, 2.05) is 19.1 Å². The van der Waals surface area contributed by atoms with Crippen molar-refractivity contribution in [1.29, 1.82) is 0 Å². The molecule has 3 heterocycles. The van der Waals surface area contributed by atoms with Crippen LogP contribution in [0.4, 0.5) is 11.5 Å². The van der Waals surface area contributed by atoms with E-state index in [0.717, 1.165) is 5.82 Å². The average molecular weight is 494 g/mol. The second-order valence-electron chi connectivity index (χ2n) is 8.04. The monoisotopic (exact) mass is 493 g/mol. The normalized spacial score (nSPS) is 19.3. The Morgan fingerprint density at radius 3 is 2.39 bits per heavy atom. The highest BCUT2D eigenvalue weighted by Gasteiger charge is 2.28. The number of morpholine rings is 1. The van der Waals surface area contributed by atoms with Crippen LogP contribution < -0.4 is 10.2 Å². The van der Waals surface area contributed by atoms with Gasteiger partial charge < -0.3 is 15.0 Å². The van der Waals surface area contributed by atoms with Crippen molar-refractivity contribution in [3.63, 3.8) is 0 Å². The number of hydrogen-bond donors (Lipinski definition) is 1. The Labute approximate surface area is 199 Å². The number of anilines is 2. The van der Waals surface area contributed by atoms with Crippen molar-refractivity contribution in [2.45, 2.75) is 17.9 Å². The van der Waals surface area contributed by atoms with Gasteiger partial charge in [0.1, 0.15) is 10.7 Å². The van der Waals surface area contributed by atoms with Crippen LogP contribution in [0.1, 0.15) is 6.92 Å². The number of sulfonamides is 1. The minimum atomic E-state index is -3.56. The molecule has 1 amide bonds. The fourth-order valence-electron chi connectivity index (χ4n) is 3.95. The molecule has 1 unspecified atom stereocenters. The largest absolute Gasteiger partial charge is 0.379 e. The molecule has 0 spiro atoms. The number of halogens is 1. The minimum Gasteiger partial charge on any atom is -0.379 e. The minimum absolute atomic E-state index is 0.104. The molecular weight excluding hydrogens is 466 g/mol. The van der Waals surface area contributed by atoms with Crippen molar-refractivity contribution in [2.75, 3.05) is 62.7 Å². The SMILES string of the molecule is CC(C(=O)Nc1ccccc1Cl)N1CCN(c2ccc(S(=O)(=O)N3CCOCC3)cn2)CC1. The first-order chi connectivity index (χ1) is 15.9. The fourth-order valence-corrected chi connectivity index (χ4v) is 5.49. The van der Waals surface area contributed by atoms with Crippen LogP contribution in [0.5, 0.6) is 0 Å². The molecule has 1 aromatic carbocycles. The molecule has 1 N–H and O–H groups in total. The quantitative estimate of drug-likeness (QED) is 0.656. The highest BCUT2D eigenvalue weighted by atomic mass is 35.5. The van der Waals surface area contributed by atoms with Gasteiger partial charge in [-0.25, -0.2) is 13.4 Å². The molecule has 0 radical (unpaired) electrons. The number of piperazine rings is 1. The molecule has 1 aromatic heterocycles. The van der Waals surface area contributed by atoms with Gasteiger partial charge in [-0.15, -0.1) is 0 Å². The summed E-state index contributed by atoms with van der Waals surface area (Å²) in [5, 5.41) is 3.40. The summed E-state index contributed by atoms with van der Waals surface area (Å²) >= 11 is 6.14. The number of benzene rings is 1. The van der Waals surface area contributed by atoms with Crippen LogP contribution in [0.3, 0.4) is 0 Å². The molecule has 178 valence electrons. The Balaban J connectivity index is 1.33. The summed E-state index contributed by atoms with van der Waals surface area (Å²) in [6, 6.07) is 10.2. The predicted molar refractivity (Wildman–Crippen MR) is 127 cm³/mol. The summed E-state index contributed by atoms with van der Waals surface area (Å²) in [4.78, 5) is 21.5. The zero-order valence-electron chi connectivity index (χ0n) is 18.5. The van der Waals surface area contributed by atoms with Gasteiger partial charge >= 0.3 is 0 Å². The molecule has 2 aliphatic heterocycles. The second kappa shape index (κ2) is 10.4. The van der Waals surface area contributed by atoms with Gasteiger partial charge in [-0.1, -0.05) is 23.7 Å². The molecule has 11 heteroatoms. The fraction of sp³-hybridized carbons (Fsp3) is 0.455. The van der Waals surface area contributed by atoms with Gasteiger partial charge in [0.2, 0.25) is 15.9 Å². The van der Waals surface area contributed by atoms with Gasteiger partial charge in [0.15, 0.2) is 0 Å². The van der Waals surface area contributed by atoms with E-state index in [9.17, 15) is 13.2 Å². The predicted octanol–water partition coefficient (Wildman–Crippen LogP) is 1.91. The van der Waals surface area contributed by atoms with Crippen LogP contribution in [0.2, 0.25) is 5.02 Å². The van der Waals surface area contributed by atoms with Crippen LogP contribution in [0.15, 0.2) is 47.5 Å². The summed E-state index contributed by atoms with van der Waals surface area (Å²) in [7, 11) is -3.56.